The van der Waals surface area contributed by atoms with Gasteiger partial charge in [0, 0.05) is 11.6 Å². The molecular formula is C35H24BrFN4O9S. The summed E-state index contributed by atoms with van der Waals surface area (Å²) in [6.45, 7) is 1.73. The smallest absolute Gasteiger partial charge is 0.338 e. The van der Waals surface area contributed by atoms with Crippen molar-refractivity contribution in [3.8, 4) is 17.2 Å². The second kappa shape index (κ2) is 14.5. The van der Waals surface area contributed by atoms with Gasteiger partial charge in [0.15, 0.2) is 16.3 Å². The highest BCUT2D eigenvalue weighted by molar-refractivity contribution is 9.10. The Labute approximate surface area is 299 Å². The molecule has 1 aliphatic rings. The number of halogens is 2. The zero-order valence-corrected chi connectivity index (χ0v) is 29.0. The summed E-state index contributed by atoms with van der Waals surface area (Å²) in [6, 6.07) is 19.6. The number of nitrogens with zero attached hydrogens (tertiary/aromatic N) is 4. The molecular weight excluding hydrogens is 751 g/mol. The number of aromatic nitrogens is 1. The standard InChI is InChI=1S/C35H24BrFN4O9S/c1-3-49-34(43)29-30(20-7-5-4-6-8-20)38-35-39(31(29)21-9-11-22(37)12-10-21)33(42)28(51-35)17-19-15-24(36)32(27(16-19)48-2)50-26-14-13-23(40(44)45)18-25(26)41(46)47/h4-18,31H,3H2,1-2H3/b28-17-/t31-/m0/s1. The summed E-state index contributed by atoms with van der Waals surface area (Å²) in [4.78, 5) is 54.2. The van der Waals surface area contributed by atoms with Crippen molar-refractivity contribution in [1.29, 1.82) is 0 Å². The summed E-state index contributed by atoms with van der Waals surface area (Å²) in [7, 11) is 1.35. The molecule has 0 N–H and O–H groups in total. The van der Waals surface area contributed by atoms with E-state index in [1.165, 1.54) is 42.0 Å². The molecule has 0 aliphatic carbocycles. The van der Waals surface area contributed by atoms with Crippen LogP contribution in [0.15, 0.2) is 105 Å². The van der Waals surface area contributed by atoms with Crippen molar-refractivity contribution in [3.05, 3.63) is 157 Å². The minimum Gasteiger partial charge on any atom is -0.493 e. The van der Waals surface area contributed by atoms with Gasteiger partial charge in [-0.2, -0.15) is 0 Å². The highest BCUT2D eigenvalue weighted by atomic mass is 79.9. The van der Waals surface area contributed by atoms with E-state index in [1.807, 2.05) is 6.07 Å². The van der Waals surface area contributed by atoms with Crippen LogP contribution >= 0.6 is 27.3 Å². The molecule has 13 nitrogen and oxygen atoms in total. The van der Waals surface area contributed by atoms with E-state index in [1.54, 1.807) is 43.3 Å². The van der Waals surface area contributed by atoms with Crippen molar-refractivity contribution in [3.63, 3.8) is 0 Å². The lowest BCUT2D eigenvalue weighted by Crippen LogP contribution is -2.40. The van der Waals surface area contributed by atoms with Crippen molar-refractivity contribution in [1.82, 2.24) is 4.57 Å². The molecule has 258 valence electrons. The predicted molar refractivity (Wildman–Crippen MR) is 188 cm³/mol. The minimum atomic E-state index is -1.01. The molecule has 1 atom stereocenters. The van der Waals surface area contributed by atoms with Gasteiger partial charge in [0.2, 0.25) is 5.75 Å². The van der Waals surface area contributed by atoms with E-state index < -0.39 is 44.6 Å². The van der Waals surface area contributed by atoms with Crippen LogP contribution in [0.2, 0.25) is 0 Å². The fraction of sp³-hybridized carbons (Fsp3) is 0.114. The fourth-order valence-corrected chi connectivity index (χ4v) is 6.97. The minimum absolute atomic E-state index is 0.0379. The molecule has 4 aromatic carbocycles. The zero-order chi connectivity index (χ0) is 36.4. The Balaban J connectivity index is 1.50. The molecule has 0 bridgehead atoms. The maximum Gasteiger partial charge on any atom is 0.338 e. The van der Waals surface area contributed by atoms with Gasteiger partial charge in [-0.25, -0.2) is 14.2 Å². The average Bonchev–Trinajstić information content (AvgIpc) is 3.43. The molecule has 0 spiro atoms. The molecule has 0 radical (unpaired) electrons. The number of fused-ring (bicyclic) bond motifs is 1. The van der Waals surface area contributed by atoms with Gasteiger partial charge in [0.05, 0.1) is 55.9 Å². The van der Waals surface area contributed by atoms with Crippen molar-refractivity contribution in [2.45, 2.75) is 13.0 Å². The summed E-state index contributed by atoms with van der Waals surface area (Å²) >= 11 is 4.48. The first-order valence-electron chi connectivity index (χ1n) is 15.0. The Morgan fingerprint density at radius 2 is 1.75 bits per heavy atom. The van der Waals surface area contributed by atoms with Gasteiger partial charge in [-0.1, -0.05) is 53.8 Å². The molecule has 0 amide bonds. The lowest BCUT2D eigenvalue weighted by molar-refractivity contribution is -0.394. The van der Waals surface area contributed by atoms with E-state index in [9.17, 15) is 34.2 Å². The molecule has 5 aromatic rings. The Hall–Kier alpha value is -6.00. The lowest BCUT2D eigenvalue weighted by atomic mass is 9.93. The normalized spacial score (nSPS) is 14.0. The molecule has 0 unspecified atom stereocenters. The number of ether oxygens (including phenoxy) is 3. The number of esters is 1. The van der Waals surface area contributed by atoms with E-state index >= 15 is 0 Å². The maximum atomic E-state index is 14.2. The topological polar surface area (TPSA) is 165 Å². The molecule has 0 fully saturated rings. The largest absolute Gasteiger partial charge is 0.493 e. The van der Waals surface area contributed by atoms with Gasteiger partial charge >= 0.3 is 11.7 Å². The second-order valence-corrected chi connectivity index (χ2v) is 12.6. The number of thiazole rings is 1. The first kappa shape index (κ1) is 34.8. The van der Waals surface area contributed by atoms with Crippen molar-refractivity contribution in [2.75, 3.05) is 13.7 Å². The number of rotatable bonds is 10. The number of hydrogen-bond acceptors (Lipinski definition) is 11. The Kier molecular flexibility index (Phi) is 9.88. The van der Waals surface area contributed by atoms with Crippen LogP contribution in [0.25, 0.3) is 11.8 Å². The molecule has 0 saturated carbocycles. The van der Waals surface area contributed by atoms with Crippen LogP contribution in [0.5, 0.6) is 17.2 Å². The van der Waals surface area contributed by atoms with E-state index in [-0.39, 0.29) is 43.2 Å². The molecule has 16 heteroatoms. The SMILES string of the molecule is CCOC(=O)C1=C(c2ccccc2)N=c2s/c(=C\c3cc(Br)c(Oc4ccc([N+](=O)[O-])cc4[N+](=O)[O-])c(OC)c3)c(=O)n2[C@H]1c1ccc(F)cc1. The predicted octanol–water partition coefficient (Wildman–Crippen LogP) is 6.45. The Morgan fingerprint density at radius 1 is 1.02 bits per heavy atom. The van der Waals surface area contributed by atoms with E-state index in [0.717, 1.165) is 29.5 Å². The van der Waals surface area contributed by atoms with Gasteiger partial charge in [0.1, 0.15) is 5.82 Å². The van der Waals surface area contributed by atoms with E-state index in [0.29, 0.717) is 22.4 Å². The highest BCUT2D eigenvalue weighted by Gasteiger charge is 2.35. The summed E-state index contributed by atoms with van der Waals surface area (Å²) in [5.41, 5.74) is 0.353. The summed E-state index contributed by atoms with van der Waals surface area (Å²) in [5.74, 6) is -1.28. The molecule has 51 heavy (non-hydrogen) atoms. The van der Waals surface area contributed by atoms with Crippen LogP contribution in [-0.2, 0) is 9.53 Å². The molecule has 1 aromatic heterocycles. The first-order chi connectivity index (χ1) is 24.5. The summed E-state index contributed by atoms with van der Waals surface area (Å²) < 4.78 is 32.8. The maximum absolute atomic E-state index is 14.2. The van der Waals surface area contributed by atoms with Crippen molar-refractivity contribution >= 4 is 56.4 Å². The lowest BCUT2D eigenvalue weighted by Gasteiger charge is -2.25. The second-order valence-electron chi connectivity index (χ2n) is 10.8. The summed E-state index contributed by atoms with van der Waals surface area (Å²) in [5, 5.41) is 22.9. The molecule has 1 aliphatic heterocycles. The van der Waals surface area contributed by atoms with Gasteiger partial charge in [-0.05, 0) is 70.4 Å². The van der Waals surface area contributed by atoms with E-state index in [4.69, 9.17) is 19.2 Å². The number of methoxy groups -OCH3 is 1. The number of non-ortho nitro benzene ring substituents is 1. The quantitative estimate of drug-likeness (QED) is 0.0880. The van der Waals surface area contributed by atoms with E-state index in [2.05, 4.69) is 15.9 Å². The first-order valence-corrected chi connectivity index (χ1v) is 16.6. The third-order valence-corrected chi connectivity index (χ3v) is 9.24. The van der Waals surface area contributed by atoms with Gasteiger partial charge in [-0.15, -0.1) is 0 Å². The number of hydrogen-bond donors (Lipinski definition) is 0. The average molecular weight is 776 g/mol. The van der Waals surface area contributed by atoms with Crippen LogP contribution in [0.4, 0.5) is 15.8 Å². The van der Waals surface area contributed by atoms with Gasteiger partial charge in [0.25, 0.3) is 11.2 Å². The van der Waals surface area contributed by atoms with Crippen LogP contribution in [0.3, 0.4) is 0 Å². The summed E-state index contributed by atoms with van der Waals surface area (Å²) in [6.07, 6.45) is 1.58. The Morgan fingerprint density at radius 3 is 2.39 bits per heavy atom. The Bertz CT molecular complexity index is 2430. The van der Waals surface area contributed by atoms with Crippen LogP contribution < -0.4 is 24.4 Å². The van der Waals surface area contributed by atoms with Crippen LogP contribution in [0, 0.1) is 26.0 Å². The molecule has 2 heterocycles. The monoisotopic (exact) mass is 774 g/mol. The molecule has 0 saturated heterocycles. The number of benzene rings is 4. The highest BCUT2D eigenvalue weighted by Crippen LogP contribution is 2.43. The number of carbonyl (C=O) groups excluding carboxylic acids is 1. The van der Waals surface area contributed by atoms with Crippen LogP contribution in [-0.4, -0.2) is 34.1 Å². The van der Waals surface area contributed by atoms with Crippen molar-refractivity contribution in [2.24, 2.45) is 4.99 Å². The van der Waals surface area contributed by atoms with Crippen LogP contribution in [0.1, 0.15) is 29.7 Å². The fourth-order valence-electron chi connectivity index (χ4n) is 5.43. The van der Waals surface area contributed by atoms with Crippen molar-refractivity contribution < 1.29 is 33.2 Å². The molecule has 6 rings (SSSR count). The third-order valence-electron chi connectivity index (χ3n) is 7.67. The van der Waals surface area contributed by atoms with Gasteiger partial charge < -0.3 is 14.2 Å². The number of nitro benzene ring substituents is 2. The zero-order valence-electron chi connectivity index (χ0n) is 26.6. The third kappa shape index (κ3) is 6.91. The number of carbonyl (C=O) groups is 1. The van der Waals surface area contributed by atoms with Gasteiger partial charge in [-0.3, -0.25) is 29.6 Å². The number of nitro groups is 2.